The zero-order chi connectivity index (χ0) is 13.8. The number of hydrazine groups is 1. The minimum atomic E-state index is -0.210. The molecule has 1 saturated heterocycles. The van der Waals surface area contributed by atoms with Gasteiger partial charge in [0.25, 0.3) is 5.91 Å². The number of amides is 1. The summed E-state index contributed by atoms with van der Waals surface area (Å²) < 4.78 is 5.21. The number of methoxy groups -OCH3 is 1. The van der Waals surface area contributed by atoms with E-state index in [4.69, 9.17) is 10.6 Å². The van der Waals surface area contributed by atoms with Crippen LogP contribution in [-0.4, -0.2) is 37.6 Å². The van der Waals surface area contributed by atoms with Gasteiger partial charge in [0.15, 0.2) is 0 Å². The lowest BCUT2D eigenvalue weighted by atomic mass is 10.1. The third-order valence-electron chi connectivity index (χ3n) is 3.54. The van der Waals surface area contributed by atoms with Crippen molar-refractivity contribution < 1.29 is 9.53 Å². The fourth-order valence-corrected chi connectivity index (χ4v) is 3.47. The molecule has 19 heavy (non-hydrogen) atoms. The van der Waals surface area contributed by atoms with E-state index in [0.717, 1.165) is 26.2 Å². The van der Waals surface area contributed by atoms with Crippen molar-refractivity contribution in [3.05, 3.63) is 21.4 Å². The molecule has 1 fully saturated rings. The van der Waals surface area contributed by atoms with Crippen LogP contribution in [0.2, 0.25) is 0 Å². The largest absolute Gasteiger partial charge is 0.384 e. The molecule has 1 aromatic rings. The Morgan fingerprint density at radius 1 is 1.68 bits per heavy atom. The third kappa shape index (κ3) is 3.54. The summed E-state index contributed by atoms with van der Waals surface area (Å²) >= 11 is 1.50. The Hall–Kier alpha value is -0.950. The van der Waals surface area contributed by atoms with E-state index in [0.29, 0.717) is 10.8 Å². The van der Waals surface area contributed by atoms with Gasteiger partial charge in [-0.25, -0.2) is 5.84 Å². The van der Waals surface area contributed by atoms with Gasteiger partial charge in [0.2, 0.25) is 0 Å². The van der Waals surface area contributed by atoms with Crippen LogP contribution in [-0.2, 0) is 11.3 Å². The predicted molar refractivity (Wildman–Crippen MR) is 76.0 cm³/mol. The van der Waals surface area contributed by atoms with E-state index in [1.165, 1.54) is 28.2 Å². The molecule has 0 spiro atoms. The molecule has 3 N–H and O–H groups in total. The maximum atomic E-state index is 11.5. The summed E-state index contributed by atoms with van der Waals surface area (Å²) in [5.74, 6) is 5.59. The van der Waals surface area contributed by atoms with E-state index < -0.39 is 0 Å². The van der Waals surface area contributed by atoms with Crippen LogP contribution in [0.5, 0.6) is 0 Å². The topological polar surface area (TPSA) is 67.6 Å². The van der Waals surface area contributed by atoms with Gasteiger partial charge < -0.3 is 4.74 Å². The average molecular weight is 283 g/mol. The van der Waals surface area contributed by atoms with Gasteiger partial charge in [-0.05, 0) is 37.4 Å². The summed E-state index contributed by atoms with van der Waals surface area (Å²) in [4.78, 5) is 15.8. The maximum absolute atomic E-state index is 11.5. The van der Waals surface area contributed by atoms with Crippen LogP contribution in [0.3, 0.4) is 0 Å². The Balaban J connectivity index is 1.96. The lowest BCUT2D eigenvalue weighted by Gasteiger charge is -2.15. The number of nitrogen functional groups attached to an aromatic ring is 1. The van der Waals surface area contributed by atoms with Gasteiger partial charge >= 0.3 is 0 Å². The second-order valence-electron chi connectivity index (χ2n) is 5.01. The van der Waals surface area contributed by atoms with E-state index in [9.17, 15) is 4.79 Å². The first-order valence-electron chi connectivity index (χ1n) is 6.45. The number of aryl methyl sites for hydroxylation is 1. The second kappa shape index (κ2) is 6.47. The van der Waals surface area contributed by atoms with Crippen LogP contribution in [0.4, 0.5) is 0 Å². The van der Waals surface area contributed by atoms with Crippen LogP contribution in [0.1, 0.15) is 26.5 Å². The van der Waals surface area contributed by atoms with Gasteiger partial charge in [0, 0.05) is 25.1 Å². The molecule has 0 aromatic carbocycles. The van der Waals surface area contributed by atoms with E-state index >= 15 is 0 Å². The average Bonchev–Trinajstić information content (AvgIpc) is 2.97. The van der Waals surface area contributed by atoms with Crippen LogP contribution in [0, 0.1) is 12.8 Å². The number of rotatable bonds is 5. The highest BCUT2D eigenvalue weighted by Crippen LogP contribution is 2.25. The number of thiophene rings is 1. The number of nitrogens with two attached hydrogens (primary N) is 1. The molecule has 0 bridgehead atoms. The van der Waals surface area contributed by atoms with E-state index in [-0.39, 0.29) is 5.91 Å². The lowest BCUT2D eigenvalue weighted by Crippen LogP contribution is -2.29. The molecule has 2 heterocycles. The molecule has 1 aliphatic heterocycles. The van der Waals surface area contributed by atoms with Gasteiger partial charge in [-0.15, -0.1) is 11.3 Å². The molecule has 1 atom stereocenters. The van der Waals surface area contributed by atoms with Crippen molar-refractivity contribution >= 4 is 17.2 Å². The maximum Gasteiger partial charge on any atom is 0.275 e. The van der Waals surface area contributed by atoms with Crippen LogP contribution >= 0.6 is 11.3 Å². The smallest absolute Gasteiger partial charge is 0.275 e. The molecular formula is C13H21N3O2S. The second-order valence-corrected chi connectivity index (χ2v) is 6.27. The fraction of sp³-hybridized carbons (Fsp3) is 0.615. The molecule has 5 nitrogen and oxygen atoms in total. The van der Waals surface area contributed by atoms with Gasteiger partial charge in [-0.2, -0.15) is 0 Å². The Kier molecular flexibility index (Phi) is 4.93. The number of likely N-dealkylation sites (tertiary alicyclic amines) is 1. The summed E-state index contributed by atoms with van der Waals surface area (Å²) in [5.41, 5.74) is 3.40. The quantitative estimate of drug-likeness (QED) is 0.483. The number of carbonyl (C=O) groups is 1. The van der Waals surface area contributed by atoms with E-state index in [1.54, 1.807) is 7.11 Å². The van der Waals surface area contributed by atoms with Crippen molar-refractivity contribution in [2.24, 2.45) is 11.8 Å². The molecule has 1 aromatic heterocycles. The number of hydrogen-bond donors (Lipinski definition) is 2. The molecule has 1 unspecified atom stereocenters. The van der Waals surface area contributed by atoms with E-state index in [2.05, 4.69) is 17.2 Å². The Bertz CT molecular complexity index is 447. The highest BCUT2D eigenvalue weighted by Gasteiger charge is 2.23. The first kappa shape index (κ1) is 14.5. The number of nitrogens with zero attached hydrogens (tertiary/aromatic N) is 1. The molecule has 1 aliphatic rings. The highest BCUT2D eigenvalue weighted by molar-refractivity contribution is 7.14. The van der Waals surface area contributed by atoms with Crippen LogP contribution in [0.25, 0.3) is 0 Å². The van der Waals surface area contributed by atoms with Crippen molar-refractivity contribution in [1.82, 2.24) is 10.3 Å². The zero-order valence-electron chi connectivity index (χ0n) is 11.4. The zero-order valence-corrected chi connectivity index (χ0v) is 12.3. The molecule has 0 radical (unpaired) electrons. The monoisotopic (exact) mass is 283 g/mol. The minimum Gasteiger partial charge on any atom is -0.384 e. The minimum absolute atomic E-state index is 0.210. The van der Waals surface area contributed by atoms with Crippen molar-refractivity contribution in [3.63, 3.8) is 0 Å². The van der Waals surface area contributed by atoms with Crippen molar-refractivity contribution in [2.75, 3.05) is 26.8 Å². The van der Waals surface area contributed by atoms with Crippen molar-refractivity contribution in [3.8, 4) is 0 Å². The molecule has 0 aliphatic carbocycles. The number of carbonyl (C=O) groups excluding carboxylic acids is 1. The van der Waals surface area contributed by atoms with Gasteiger partial charge in [0.05, 0.1) is 11.5 Å². The van der Waals surface area contributed by atoms with Crippen molar-refractivity contribution in [1.29, 1.82) is 0 Å². The number of hydrogen-bond acceptors (Lipinski definition) is 5. The first-order chi connectivity index (χ1) is 9.13. The summed E-state index contributed by atoms with van der Waals surface area (Å²) in [6.45, 7) is 5.96. The Morgan fingerprint density at radius 2 is 2.47 bits per heavy atom. The molecule has 2 rings (SSSR count). The van der Waals surface area contributed by atoms with Gasteiger partial charge in [0.1, 0.15) is 0 Å². The third-order valence-corrected chi connectivity index (χ3v) is 4.63. The van der Waals surface area contributed by atoms with E-state index in [1.807, 2.05) is 6.07 Å². The summed E-state index contributed by atoms with van der Waals surface area (Å²) in [6, 6.07) is 1.95. The summed E-state index contributed by atoms with van der Waals surface area (Å²) in [7, 11) is 1.75. The van der Waals surface area contributed by atoms with Crippen LogP contribution in [0.15, 0.2) is 6.07 Å². The number of ether oxygens (including phenoxy) is 1. The normalized spacial score (nSPS) is 19.8. The van der Waals surface area contributed by atoms with Crippen molar-refractivity contribution in [2.45, 2.75) is 19.9 Å². The Morgan fingerprint density at radius 3 is 3.16 bits per heavy atom. The van der Waals surface area contributed by atoms with Gasteiger partial charge in [-0.3, -0.25) is 15.1 Å². The lowest BCUT2D eigenvalue weighted by molar-refractivity contribution is 0.0957. The summed E-state index contributed by atoms with van der Waals surface area (Å²) in [5, 5.41) is 0. The first-order valence-corrected chi connectivity index (χ1v) is 7.27. The van der Waals surface area contributed by atoms with Gasteiger partial charge in [-0.1, -0.05) is 0 Å². The standard InChI is InChI=1S/C13H21N3O2S/c1-9-11(5-12(19-9)13(17)15-14)7-16-4-3-10(6-16)8-18-2/h5,10H,3-4,6-8,14H2,1-2H3,(H,15,17). The number of nitrogens with one attached hydrogen (secondary N) is 1. The predicted octanol–water partition coefficient (Wildman–Crippen LogP) is 1.13. The molecule has 6 heteroatoms. The Labute approximate surface area is 117 Å². The molecular weight excluding hydrogens is 262 g/mol. The highest BCUT2D eigenvalue weighted by atomic mass is 32.1. The molecule has 0 saturated carbocycles. The molecule has 106 valence electrons. The molecule has 1 amide bonds. The van der Waals surface area contributed by atoms with Crippen LogP contribution < -0.4 is 11.3 Å². The fourth-order valence-electron chi connectivity index (χ4n) is 2.53. The summed E-state index contributed by atoms with van der Waals surface area (Å²) in [6.07, 6.45) is 1.19. The SMILES string of the molecule is COCC1CCN(Cc2cc(C(=O)NN)sc2C)C1.